The summed E-state index contributed by atoms with van der Waals surface area (Å²) in [5, 5.41) is 4.52. The van der Waals surface area contributed by atoms with Gasteiger partial charge in [0.25, 0.3) is 0 Å². The Hall–Kier alpha value is -0.0500. The highest BCUT2D eigenvalue weighted by Crippen LogP contribution is 2.34. The quantitative estimate of drug-likeness (QED) is 0.713. The second-order valence-corrected chi connectivity index (χ2v) is 7.63. The van der Waals surface area contributed by atoms with E-state index in [0.29, 0.717) is 12.0 Å². The first kappa shape index (κ1) is 16.3. The van der Waals surface area contributed by atoms with E-state index < -0.39 is 0 Å². The fourth-order valence-electron chi connectivity index (χ4n) is 3.19. The maximum atomic E-state index is 6.39. The molecule has 0 aromatic heterocycles. The van der Waals surface area contributed by atoms with Gasteiger partial charge in [-0.3, -0.25) is 0 Å². The van der Waals surface area contributed by atoms with Crippen LogP contribution in [0.2, 0.25) is 5.02 Å². The van der Waals surface area contributed by atoms with Crippen molar-refractivity contribution in [3.05, 3.63) is 33.3 Å². The molecule has 1 aliphatic rings. The average Bonchev–Trinajstić information content (AvgIpc) is 2.90. The zero-order valence-electron chi connectivity index (χ0n) is 12.5. The van der Waals surface area contributed by atoms with Gasteiger partial charge in [-0.1, -0.05) is 73.1 Å². The predicted molar refractivity (Wildman–Crippen MR) is 91.4 cm³/mol. The molecule has 0 saturated heterocycles. The first-order valence-corrected chi connectivity index (χ1v) is 8.90. The Morgan fingerprint density at radius 2 is 2.00 bits per heavy atom. The second kappa shape index (κ2) is 7.82. The summed E-state index contributed by atoms with van der Waals surface area (Å²) in [5.41, 5.74) is 1.29. The van der Waals surface area contributed by atoms with Gasteiger partial charge in [-0.05, 0) is 42.5 Å². The summed E-state index contributed by atoms with van der Waals surface area (Å²) >= 11 is 9.87. The predicted octanol–water partition coefficient (Wildman–Crippen LogP) is 5.45. The Balaban J connectivity index is 2.05. The number of halogens is 2. The van der Waals surface area contributed by atoms with Gasteiger partial charge < -0.3 is 5.32 Å². The fourth-order valence-corrected chi connectivity index (χ4v) is 3.94. The van der Waals surface area contributed by atoms with E-state index in [-0.39, 0.29) is 0 Å². The largest absolute Gasteiger partial charge is 0.314 e. The summed E-state index contributed by atoms with van der Waals surface area (Å²) in [7, 11) is 0. The highest BCUT2D eigenvalue weighted by atomic mass is 79.9. The zero-order chi connectivity index (χ0) is 14.5. The molecule has 1 aromatic carbocycles. The normalized spacial score (nSPS) is 17.9. The molecule has 20 heavy (non-hydrogen) atoms. The van der Waals surface area contributed by atoms with E-state index in [1.54, 1.807) is 0 Å². The Bertz CT molecular complexity index is 427. The molecule has 0 spiro atoms. The number of benzene rings is 1. The summed E-state index contributed by atoms with van der Waals surface area (Å²) in [6.07, 6.45) is 6.67. The molecule has 1 fully saturated rings. The molecule has 3 heteroatoms. The Labute approximate surface area is 136 Å². The van der Waals surface area contributed by atoms with E-state index in [4.69, 9.17) is 11.6 Å². The molecule has 0 aliphatic heterocycles. The molecule has 1 atom stereocenters. The molecule has 112 valence electrons. The molecule has 1 nitrogen and oxygen atoms in total. The van der Waals surface area contributed by atoms with Gasteiger partial charge in [0, 0.05) is 15.5 Å². The van der Waals surface area contributed by atoms with Crippen molar-refractivity contribution in [2.24, 2.45) is 11.8 Å². The van der Waals surface area contributed by atoms with E-state index >= 15 is 0 Å². The summed E-state index contributed by atoms with van der Waals surface area (Å²) < 4.78 is 1.06. The van der Waals surface area contributed by atoms with Crippen LogP contribution in [0.5, 0.6) is 0 Å². The first-order valence-electron chi connectivity index (χ1n) is 7.73. The fraction of sp³-hybridized carbons (Fsp3) is 0.647. The third-order valence-electron chi connectivity index (χ3n) is 4.35. The lowest BCUT2D eigenvalue weighted by Crippen LogP contribution is -2.33. The third kappa shape index (κ3) is 4.75. The topological polar surface area (TPSA) is 12.0 Å². The van der Waals surface area contributed by atoms with Gasteiger partial charge in [0.15, 0.2) is 0 Å². The van der Waals surface area contributed by atoms with Crippen molar-refractivity contribution in [1.29, 1.82) is 0 Å². The van der Waals surface area contributed by atoms with Crippen molar-refractivity contribution in [3.8, 4) is 0 Å². The monoisotopic (exact) mass is 357 g/mol. The molecule has 1 aliphatic carbocycles. The highest BCUT2D eigenvalue weighted by Gasteiger charge is 2.25. The average molecular weight is 359 g/mol. The minimum Gasteiger partial charge on any atom is -0.314 e. The number of nitrogens with one attached hydrogen (secondary N) is 1. The van der Waals surface area contributed by atoms with Crippen LogP contribution in [0.25, 0.3) is 0 Å². The number of hydrogen-bond donors (Lipinski definition) is 1. The van der Waals surface area contributed by atoms with Crippen molar-refractivity contribution in [2.45, 2.75) is 52.0 Å². The maximum absolute atomic E-state index is 6.39. The van der Waals surface area contributed by atoms with Crippen LogP contribution in [0.3, 0.4) is 0 Å². The van der Waals surface area contributed by atoms with Crippen LogP contribution in [0.4, 0.5) is 0 Å². The Kier molecular flexibility index (Phi) is 6.38. The van der Waals surface area contributed by atoms with Crippen LogP contribution in [-0.4, -0.2) is 12.6 Å². The van der Waals surface area contributed by atoms with E-state index in [9.17, 15) is 0 Å². The van der Waals surface area contributed by atoms with Gasteiger partial charge in [0.05, 0.1) is 0 Å². The van der Waals surface area contributed by atoms with Gasteiger partial charge in [-0.2, -0.15) is 0 Å². The van der Waals surface area contributed by atoms with Gasteiger partial charge in [-0.15, -0.1) is 0 Å². The standard InChI is InChI=1S/C17H25BrClN/c1-12(2)20-11-15(13-5-3-4-6-13)9-14-7-8-16(18)10-17(14)19/h7-8,10,12-13,15,20H,3-6,9,11H2,1-2H3. The molecule has 1 unspecified atom stereocenters. The minimum atomic E-state index is 0.555. The van der Waals surface area contributed by atoms with Gasteiger partial charge in [0.2, 0.25) is 0 Å². The van der Waals surface area contributed by atoms with Crippen LogP contribution in [-0.2, 0) is 6.42 Å². The maximum Gasteiger partial charge on any atom is 0.0449 e. The lowest BCUT2D eigenvalue weighted by Gasteiger charge is -2.25. The van der Waals surface area contributed by atoms with Gasteiger partial charge in [0.1, 0.15) is 0 Å². The lowest BCUT2D eigenvalue weighted by molar-refractivity contribution is 0.313. The molecule has 0 radical (unpaired) electrons. The lowest BCUT2D eigenvalue weighted by atomic mass is 9.85. The molecule has 0 heterocycles. The molecule has 1 aromatic rings. The van der Waals surface area contributed by atoms with E-state index in [1.165, 1.54) is 31.2 Å². The molecule has 0 bridgehead atoms. The number of hydrogen-bond acceptors (Lipinski definition) is 1. The summed E-state index contributed by atoms with van der Waals surface area (Å²) in [4.78, 5) is 0. The summed E-state index contributed by atoms with van der Waals surface area (Å²) in [5.74, 6) is 1.57. The van der Waals surface area contributed by atoms with Crippen LogP contribution < -0.4 is 5.32 Å². The molecule has 1 N–H and O–H groups in total. The Morgan fingerprint density at radius 1 is 1.30 bits per heavy atom. The van der Waals surface area contributed by atoms with Crippen LogP contribution in [0.1, 0.15) is 45.1 Å². The van der Waals surface area contributed by atoms with Crippen molar-refractivity contribution < 1.29 is 0 Å². The summed E-state index contributed by atoms with van der Waals surface area (Å²) in [6.45, 7) is 5.55. The van der Waals surface area contributed by atoms with Crippen molar-refractivity contribution >= 4 is 27.5 Å². The van der Waals surface area contributed by atoms with Crippen LogP contribution >= 0.6 is 27.5 Å². The summed E-state index contributed by atoms with van der Waals surface area (Å²) in [6, 6.07) is 6.84. The molecule has 1 saturated carbocycles. The number of rotatable bonds is 6. The molecule has 2 rings (SSSR count). The van der Waals surface area contributed by atoms with Gasteiger partial charge >= 0.3 is 0 Å². The van der Waals surface area contributed by atoms with Crippen LogP contribution in [0.15, 0.2) is 22.7 Å². The zero-order valence-corrected chi connectivity index (χ0v) is 14.8. The Morgan fingerprint density at radius 3 is 2.60 bits per heavy atom. The second-order valence-electron chi connectivity index (χ2n) is 6.31. The van der Waals surface area contributed by atoms with Crippen molar-refractivity contribution in [1.82, 2.24) is 5.32 Å². The molecule has 0 amide bonds. The molecular formula is C17H25BrClN. The SMILES string of the molecule is CC(C)NCC(Cc1ccc(Br)cc1Cl)C1CCCC1. The minimum absolute atomic E-state index is 0.555. The third-order valence-corrected chi connectivity index (χ3v) is 5.20. The van der Waals surface area contributed by atoms with E-state index in [0.717, 1.165) is 28.4 Å². The highest BCUT2D eigenvalue weighted by molar-refractivity contribution is 9.10. The van der Waals surface area contributed by atoms with Crippen molar-refractivity contribution in [3.63, 3.8) is 0 Å². The smallest absolute Gasteiger partial charge is 0.0449 e. The van der Waals surface area contributed by atoms with E-state index in [1.807, 2.05) is 6.07 Å². The first-order chi connectivity index (χ1) is 9.56. The molecular weight excluding hydrogens is 334 g/mol. The van der Waals surface area contributed by atoms with Crippen LogP contribution in [0, 0.1) is 11.8 Å². The van der Waals surface area contributed by atoms with Crippen molar-refractivity contribution in [2.75, 3.05) is 6.54 Å². The van der Waals surface area contributed by atoms with Gasteiger partial charge in [-0.25, -0.2) is 0 Å². The van der Waals surface area contributed by atoms with E-state index in [2.05, 4.69) is 47.2 Å².